The molecule has 0 radical (unpaired) electrons. The number of rotatable bonds is 2. The minimum Gasteiger partial charge on any atom is -0.322 e. The first-order valence-electron chi connectivity index (χ1n) is 7.92. The number of fused-ring (bicyclic) bond motifs is 1. The van der Waals surface area contributed by atoms with Gasteiger partial charge in [0.1, 0.15) is 0 Å². The number of urea groups is 1. The molecular weight excluding hydrogens is 274 g/mol. The van der Waals surface area contributed by atoms with Gasteiger partial charge >= 0.3 is 6.03 Å². The number of benzene rings is 2. The number of piperazine rings is 1. The summed E-state index contributed by atoms with van der Waals surface area (Å²) in [6.45, 7) is 7.87. The third kappa shape index (κ3) is 3.22. The Morgan fingerprint density at radius 2 is 1.68 bits per heavy atom. The Morgan fingerprint density at radius 3 is 2.36 bits per heavy atom. The molecule has 4 heteroatoms. The second kappa shape index (κ2) is 6.36. The molecule has 0 aromatic heterocycles. The number of nitrogens with one attached hydrogen (secondary N) is 1. The summed E-state index contributed by atoms with van der Waals surface area (Å²) < 4.78 is 0. The number of hydrogen-bond acceptors (Lipinski definition) is 2. The predicted octanol–water partition coefficient (Wildman–Crippen LogP) is 3.40. The fourth-order valence-electron chi connectivity index (χ4n) is 2.91. The lowest BCUT2D eigenvalue weighted by atomic mass is 10.1. The molecule has 2 aromatic carbocycles. The molecular formula is C18H23N3O. The van der Waals surface area contributed by atoms with Gasteiger partial charge in [0.2, 0.25) is 0 Å². The highest BCUT2D eigenvalue weighted by Gasteiger charge is 2.22. The van der Waals surface area contributed by atoms with E-state index in [9.17, 15) is 4.79 Å². The van der Waals surface area contributed by atoms with Crippen LogP contribution in [0.5, 0.6) is 0 Å². The number of hydrogen-bond donors (Lipinski definition) is 1. The Kier molecular flexibility index (Phi) is 4.29. The molecule has 0 unspecified atom stereocenters. The van der Waals surface area contributed by atoms with Crippen molar-refractivity contribution in [2.45, 2.75) is 19.9 Å². The van der Waals surface area contributed by atoms with E-state index in [0.29, 0.717) is 6.04 Å². The molecule has 0 aliphatic carbocycles. The summed E-state index contributed by atoms with van der Waals surface area (Å²) in [7, 11) is 0. The van der Waals surface area contributed by atoms with Crippen LogP contribution in [0.2, 0.25) is 0 Å². The molecule has 1 heterocycles. The van der Waals surface area contributed by atoms with E-state index in [0.717, 1.165) is 37.3 Å². The van der Waals surface area contributed by atoms with Gasteiger partial charge in [-0.1, -0.05) is 30.3 Å². The first-order valence-corrected chi connectivity index (χ1v) is 7.92. The molecule has 2 amide bonds. The monoisotopic (exact) mass is 297 g/mol. The standard InChI is InChI=1S/C18H23N3O/c1-14(2)20-9-11-21(12-10-20)18(22)19-17-8-7-15-5-3-4-6-16(15)13-17/h3-8,13-14H,9-12H2,1-2H3,(H,19,22). The molecule has 22 heavy (non-hydrogen) atoms. The van der Waals surface area contributed by atoms with Gasteiger partial charge in [0.25, 0.3) is 0 Å². The van der Waals surface area contributed by atoms with Crippen LogP contribution in [0, 0.1) is 0 Å². The van der Waals surface area contributed by atoms with Crippen LogP contribution < -0.4 is 5.32 Å². The summed E-state index contributed by atoms with van der Waals surface area (Å²) in [5, 5.41) is 5.35. The second-order valence-corrected chi connectivity index (χ2v) is 6.11. The lowest BCUT2D eigenvalue weighted by Crippen LogP contribution is -2.51. The van der Waals surface area contributed by atoms with Crippen molar-refractivity contribution < 1.29 is 4.79 Å². The summed E-state index contributed by atoms with van der Waals surface area (Å²) in [4.78, 5) is 16.7. The summed E-state index contributed by atoms with van der Waals surface area (Å²) >= 11 is 0. The zero-order chi connectivity index (χ0) is 15.5. The highest BCUT2D eigenvalue weighted by molar-refractivity contribution is 5.93. The minimum atomic E-state index is -0.00122. The fourth-order valence-corrected chi connectivity index (χ4v) is 2.91. The van der Waals surface area contributed by atoms with E-state index in [1.807, 2.05) is 35.2 Å². The Morgan fingerprint density at radius 1 is 1.00 bits per heavy atom. The van der Waals surface area contributed by atoms with Crippen molar-refractivity contribution >= 4 is 22.5 Å². The van der Waals surface area contributed by atoms with Gasteiger partial charge in [-0.2, -0.15) is 0 Å². The summed E-state index contributed by atoms with van der Waals surface area (Å²) in [5.41, 5.74) is 0.856. The molecule has 1 aliphatic heterocycles. The third-order valence-electron chi connectivity index (χ3n) is 4.33. The van der Waals surface area contributed by atoms with Crippen molar-refractivity contribution in [2.24, 2.45) is 0 Å². The van der Waals surface area contributed by atoms with Crippen molar-refractivity contribution in [2.75, 3.05) is 31.5 Å². The van der Waals surface area contributed by atoms with Gasteiger partial charge in [-0.05, 0) is 36.8 Å². The predicted molar refractivity (Wildman–Crippen MR) is 91.2 cm³/mol. The van der Waals surface area contributed by atoms with Crippen molar-refractivity contribution in [3.05, 3.63) is 42.5 Å². The Bertz CT molecular complexity index is 660. The zero-order valence-electron chi connectivity index (χ0n) is 13.2. The molecule has 4 nitrogen and oxygen atoms in total. The molecule has 2 aromatic rings. The molecule has 1 fully saturated rings. The van der Waals surface area contributed by atoms with E-state index in [-0.39, 0.29) is 6.03 Å². The Balaban J connectivity index is 1.63. The molecule has 0 spiro atoms. The number of anilines is 1. The smallest absolute Gasteiger partial charge is 0.321 e. The summed E-state index contributed by atoms with van der Waals surface area (Å²) in [6, 6.07) is 14.8. The zero-order valence-corrected chi connectivity index (χ0v) is 13.2. The Hall–Kier alpha value is -2.07. The minimum absolute atomic E-state index is 0.00122. The van der Waals surface area contributed by atoms with Gasteiger partial charge in [-0.25, -0.2) is 4.79 Å². The van der Waals surface area contributed by atoms with Crippen LogP contribution >= 0.6 is 0 Å². The molecule has 1 saturated heterocycles. The normalized spacial score (nSPS) is 16.2. The van der Waals surface area contributed by atoms with Gasteiger partial charge in [0.15, 0.2) is 0 Å². The molecule has 1 N–H and O–H groups in total. The van der Waals surface area contributed by atoms with Crippen LogP contribution in [-0.2, 0) is 0 Å². The molecule has 3 rings (SSSR count). The highest BCUT2D eigenvalue weighted by Crippen LogP contribution is 2.19. The largest absolute Gasteiger partial charge is 0.322 e. The SMILES string of the molecule is CC(C)N1CCN(C(=O)Nc2ccc3ccccc3c2)CC1. The molecule has 0 saturated carbocycles. The summed E-state index contributed by atoms with van der Waals surface area (Å²) in [6.07, 6.45) is 0. The molecule has 1 aliphatic rings. The first-order chi connectivity index (χ1) is 10.6. The van der Waals surface area contributed by atoms with Gasteiger partial charge < -0.3 is 10.2 Å². The van der Waals surface area contributed by atoms with Gasteiger partial charge in [-0.3, -0.25) is 4.90 Å². The van der Waals surface area contributed by atoms with Crippen molar-refractivity contribution in [3.8, 4) is 0 Å². The fraction of sp³-hybridized carbons (Fsp3) is 0.389. The van der Waals surface area contributed by atoms with Gasteiger partial charge in [0.05, 0.1) is 0 Å². The maximum absolute atomic E-state index is 12.4. The van der Waals surface area contributed by atoms with Crippen LogP contribution in [0.15, 0.2) is 42.5 Å². The summed E-state index contributed by atoms with van der Waals surface area (Å²) in [5.74, 6) is 0. The highest BCUT2D eigenvalue weighted by atomic mass is 16.2. The third-order valence-corrected chi connectivity index (χ3v) is 4.33. The van der Waals surface area contributed by atoms with E-state index < -0.39 is 0 Å². The first kappa shape index (κ1) is 14.9. The van der Waals surface area contributed by atoms with E-state index in [1.165, 1.54) is 5.39 Å². The van der Waals surface area contributed by atoms with Crippen molar-refractivity contribution in [1.29, 1.82) is 0 Å². The van der Waals surface area contributed by atoms with Crippen LogP contribution in [-0.4, -0.2) is 48.1 Å². The van der Waals surface area contributed by atoms with Crippen LogP contribution in [0.1, 0.15) is 13.8 Å². The number of carbonyl (C=O) groups excluding carboxylic acids is 1. The number of amides is 2. The number of carbonyl (C=O) groups is 1. The van der Waals surface area contributed by atoms with Gasteiger partial charge in [0, 0.05) is 37.9 Å². The second-order valence-electron chi connectivity index (χ2n) is 6.11. The lowest BCUT2D eigenvalue weighted by Gasteiger charge is -2.36. The topological polar surface area (TPSA) is 35.6 Å². The maximum atomic E-state index is 12.4. The van der Waals surface area contributed by atoms with E-state index in [1.54, 1.807) is 0 Å². The van der Waals surface area contributed by atoms with Crippen molar-refractivity contribution in [3.63, 3.8) is 0 Å². The van der Waals surface area contributed by atoms with Crippen LogP contribution in [0.4, 0.5) is 10.5 Å². The van der Waals surface area contributed by atoms with Gasteiger partial charge in [-0.15, -0.1) is 0 Å². The van der Waals surface area contributed by atoms with E-state index in [4.69, 9.17) is 0 Å². The molecule has 116 valence electrons. The van der Waals surface area contributed by atoms with Crippen LogP contribution in [0.25, 0.3) is 10.8 Å². The van der Waals surface area contributed by atoms with Crippen molar-refractivity contribution in [1.82, 2.24) is 9.80 Å². The Labute approximate surface area is 131 Å². The lowest BCUT2D eigenvalue weighted by molar-refractivity contribution is 0.125. The average molecular weight is 297 g/mol. The number of nitrogens with zero attached hydrogens (tertiary/aromatic N) is 2. The quantitative estimate of drug-likeness (QED) is 0.922. The average Bonchev–Trinajstić information content (AvgIpc) is 2.55. The maximum Gasteiger partial charge on any atom is 0.321 e. The van der Waals surface area contributed by atoms with E-state index >= 15 is 0 Å². The molecule has 0 atom stereocenters. The van der Waals surface area contributed by atoms with E-state index in [2.05, 4.69) is 36.2 Å². The van der Waals surface area contributed by atoms with Crippen LogP contribution in [0.3, 0.4) is 0 Å². The molecule has 0 bridgehead atoms.